The fourth-order valence-corrected chi connectivity index (χ4v) is 1.05. The van der Waals surface area contributed by atoms with Crippen molar-refractivity contribution in [3.05, 3.63) is 24.3 Å². The molecule has 0 saturated carbocycles. The monoisotopic (exact) mass is 285 g/mol. The molecule has 0 aromatic carbocycles. The lowest BCUT2D eigenvalue weighted by Gasteiger charge is -2.14. The molecule has 0 aliphatic rings. The molecular formula is C14H23NO5. The van der Waals surface area contributed by atoms with Crippen LogP contribution in [0.25, 0.3) is 0 Å². The van der Waals surface area contributed by atoms with Gasteiger partial charge < -0.3 is 19.5 Å². The topological polar surface area (TPSA) is 73.9 Å². The molecule has 0 aromatic heterocycles. The van der Waals surface area contributed by atoms with E-state index >= 15 is 0 Å². The van der Waals surface area contributed by atoms with Gasteiger partial charge in [-0.15, -0.1) is 0 Å². The van der Waals surface area contributed by atoms with Crippen molar-refractivity contribution in [3.8, 4) is 0 Å². The molecule has 1 atom stereocenters. The van der Waals surface area contributed by atoms with Crippen molar-refractivity contribution in [2.45, 2.75) is 26.9 Å². The Morgan fingerprint density at radius 1 is 1.25 bits per heavy atom. The van der Waals surface area contributed by atoms with Gasteiger partial charge in [0.15, 0.2) is 0 Å². The van der Waals surface area contributed by atoms with Crippen LogP contribution in [0.5, 0.6) is 0 Å². The second-order valence-corrected chi connectivity index (χ2v) is 4.53. The third-order valence-corrected chi connectivity index (χ3v) is 1.97. The molecule has 0 spiro atoms. The van der Waals surface area contributed by atoms with E-state index in [4.69, 9.17) is 14.2 Å². The van der Waals surface area contributed by atoms with Crippen LogP contribution in [0.15, 0.2) is 24.3 Å². The first kappa shape index (κ1) is 18.2. The number of ether oxygens (including phenoxy) is 3. The Morgan fingerprint density at radius 3 is 2.45 bits per heavy atom. The highest BCUT2D eigenvalue weighted by atomic mass is 16.6. The van der Waals surface area contributed by atoms with Crippen molar-refractivity contribution in [2.24, 2.45) is 0 Å². The number of hydrogen-bond acceptors (Lipinski definition) is 5. The maximum absolute atomic E-state index is 11.4. The highest BCUT2D eigenvalue weighted by Crippen LogP contribution is 1.97. The molecule has 0 aromatic rings. The smallest absolute Gasteiger partial charge is 0.407 e. The van der Waals surface area contributed by atoms with Crippen molar-refractivity contribution in [2.75, 3.05) is 26.4 Å². The Labute approximate surface area is 119 Å². The molecule has 114 valence electrons. The van der Waals surface area contributed by atoms with E-state index in [-0.39, 0.29) is 6.61 Å². The maximum Gasteiger partial charge on any atom is 0.407 e. The van der Waals surface area contributed by atoms with Gasteiger partial charge in [-0.05, 0) is 20.8 Å². The number of nitrogens with one attached hydrogen (secondary N) is 1. The molecule has 0 saturated heterocycles. The van der Waals surface area contributed by atoms with Gasteiger partial charge >= 0.3 is 12.1 Å². The fraction of sp³-hybridized carbons (Fsp3) is 0.571. The van der Waals surface area contributed by atoms with E-state index in [0.717, 1.165) is 5.57 Å². The molecule has 20 heavy (non-hydrogen) atoms. The van der Waals surface area contributed by atoms with Gasteiger partial charge in [0.05, 0.1) is 13.2 Å². The second-order valence-electron chi connectivity index (χ2n) is 4.53. The Hall–Kier alpha value is -1.82. The molecule has 0 rings (SSSR count). The summed E-state index contributed by atoms with van der Waals surface area (Å²) >= 11 is 0. The molecule has 0 radical (unpaired) electrons. The van der Waals surface area contributed by atoms with E-state index in [0.29, 0.717) is 25.3 Å². The zero-order valence-electron chi connectivity index (χ0n) is 12.4. The molecular weight excluding hydrogens is 262 g/mol. The van der Waals surface area contributed by atoms with Crippen LogP contribution < -0.4 is 5.32 Å². The molecule has 0 aliphatic heterocycles. The normalized spacial score (nSPS) is 11.3. The Morgan fingerprint density at radius 2 is 1.90 bits per heavy atom. The predicted octanol–water partition coefficient (Wildman–Crippen LogP) is 1.81. The third kappa shape index (κ3) is 10.1. The van der Waals surface area contributed by atoms with Crippen LogP contribution in [0, 0.1) is 0 Å². The third-order valence-electron chi connectivity index (χ3n) is 1.97. The molecule has 1 N–H and O–H groups in total. The van der Waals surface area contributed by atoms with Crippen molar-refractivity contribution in [3.63, 3.8) is 0 Å². The number of amides is 1. The average Bonchev–Trinajstić information content (AvgIpc) is 2.34. The first-order valence-electron chi connectivity index (χ1n) is 6.32. The first-order chi connectivity index (χ1) is 9.32. The van der Waals surface area contributed by atoms with Gasteiger partial charge in [-0.1, -0.05) is 18.7 Å². The van der Waals surface area contributed by atoms with Crippen LogP contribution in [-0.2, 0) is 19.0 Å². The van der Waals surface area contributed by atoms with E-state index < -0.39 is 18.2 Å². The van der Waals surface area contributed by atoms with E-state index in [1.807, 2.05) is 6.92 Å². The molecule has 0 aliphatic carbocycles. The zero-order chi connectivity index (χ0) is 15.5. The van der Waals surface area contributed by atoms with Gasteiger partial charge in [0.25, 0.3) is 0 Å². The lowest BCUT2D eigenvalue weighted by Crippen LogP contribution is -2.32. The molecule has 1 unspecified atom stereocenters. The van der Waals surface area contributed by atoms with Gasteiger partial charge in [-0.25, -0.2) is 9.59 Å². The molecule has 6 heteroatoms. The van der Waals surface area contributed by atoms with Gasteiger partial charge in [0.1, 0.15) is 12.7 Å². The summed E-state index contributed by atoms with van der Waals surface area (Å²) in [6.45, 7) is 13.3. The SMILES string of the molecule is C=C(C)COCCNC(=O)OC(C)COC(=O)C(=C)C. The van der Waals surface area contributed by atoms with Crippen molar-refractivity contribution >= 4 is 12.1 Å². The highest BCUT2D eigenvalue weighted by Gasteiger charge is 2.12. The summed E-state index contributed by atoms with van der Waals surface area (Å²) in [6, 6.07) is 0. The summed E-state index contributed by atoms with van der Waals surface area (Å²) in [5.74, 6) is -0.506. The van der Waals surface area contributed by atoms with Crippen LogP contribution in [0.2, 0.25) is 0 Å². The Bertz CT molecular complexity index is 365. The maximum atomic E-state index is 11.4. The number of carbonyl (C=O) groups is 2. The van der Waals surface area contributed by atoms with E-state index in [1.54, 1.807) is 13.8 Å². The lowest BCUT2D eigenvalue weighted by atomic mass is 10.3. The van der Waals surface area contributed by atoms with E-state index in [9.17, 15) is 9.59 Å². The zero-order valence-corrected chi connectivity index (χ0v) is 12.4. The molecule has 0 bridgehead atoms. The number of alkyl carbamates (subject to hydrolysis) is 1. The minimum Gasteiger partial charge on any atom is -0.458 e. The Balaban J connectivity index is 3.67. The molecule has 1 amide bonds. The van der Waals surface area contributed by atoms with Crippen LogP contribution >= 0.6 is 0 Å². The second kappa shape index (κ2) is 10.0. The lowest BCUT2D eigenvalue weighted by molar-refractivity contribution is -0.141. The van der Waals surface area contributed by atoms with Gasteiger partial charge in [-0.2, -0.15) is 0 Å². The summed E-state index contributed by atoms with van der Waals surface area (Å²) in [7, 11) is 0. The number of carbonyl (C=O) groups excluding carboxylic acids is 2. The van der Waals surface area contributed by atoms with E-state index in [2.05, 4.69) is 18.5 Å². The quantitative estimate of drug-likeness (QED) is 0.303. The van der Waals surface area contributed by atoms with Gasteiger partial charge in [0, 0.05) is 12.1 Å². The summed E-state index contributed by atoms with van der Waals surface area (Å²) in [5, 5.41) is 2.52. The van der Waals surface area contributed by atoms with Crippen molar-refractivity contribution < 1.29 is 23.8 Å². The van der Waals surface area contributed by atoms with Crippen LogP contribution in [-0.4, -0.2) is 44.5 Å². The fourth-order valence-electron chi connectivity index (χ4n) is 1.05. The summed E-state index contributed by atoms with van der Waals surface area (Å²) in [4.78, 5) is 22.5. The largest absolute Gasteiger partial charge is 0.458 e. The van der Waals surface area contributed by atoms with Crippen LogP contribution in [0.4, 0.5) is 4.79 Å². The van der Waals surface area contributed by atoms with Crippen LogP contribution in [0.3, 0.4) is 0 Å². The summed E-state index contributed by atoms with van der Waals surface area (Å²) < 4.78 is 15.0. The minimum absolute atomic E-state index is 0.00866. The van der Waals surface area contributed by atoms with Gasteiger partial charge in [0.2, 0.25) is 0 Å². The first-order valence-corrected chi connectivity index (χ1v) is 6.32. The highest BCUT2D eigenvalue weighted by molar-refractivity contribution is 5.86. The van der Waals surface area contributed by atoms with Crippen LogP contribution in [0.1, 0.15) is 20.8 Å². The minimum atomic E-state index is -0.581. The average molecular weight is 285 g/mol. The molecule has 0 heterocycles. The summed E-state index contributed by atoms with van der Waals surface area (Å²) in [6.07, 6.45) is -1.11. The molecule has 0 fully saturated rings. The number of rotatable bonds is 9. The van der Waals surface area contributed by atoms with Gasteiger partial charge in [-0.3, -0.25) is 0 Å². The number of esters is 1. The van der Waals surface area contributed by atoms with E-state index in [1.165, 1.54) is 0 Å². The number of hydrogen-bond donors (Lipinski definition) is 1. The molecule has 6 nitrogen and oxygen atoms in total. The summed E-state index contributed by atoms with van der Waals surface area (Å²) in [5.41, 5.74) is 1.22. The van der Waals surface area contributed by atoms with Crippen molar-refractivity contribution in [1.29, 1.82) is 0 Å². The predicted molar refractivity (Wildman–Crippen MR) is 75.4 cm³/mol. The Kier molecular flexibility index (Phi) is 9.11. The van der Waals surface area contributed by atoms with Crippen molar-refractivity contribution in [1.82, 2.24) is 5.32 Å². The standard InChI is InChI=1S/C14H23NO5/c1-10(2)8-18-7-6-15-14(17)20-12(5)9-19-13(16)11(3)4/h12H,1,3,6-9H2,2,4-5H3,(H,15,17).